The summed E-state index contributed by atoms with van der Waals surface area (Å²) in [6.07, 6.45) is 6.85. The van der Waals surface area contributed by atoms with Crippen LogP contribution in [0.4, 0.5) is 0 Å². The van der Waals surface area contributed by atoms with Gasteiger partial charge in [0.1, 0.15) is 0 Å². The van der Waals surface area contributed by atoms with Crippen molar-refractivity contribution < 1.29 is 5.11 Å². The maximum Gasteiger partial charge on any atom is 0.0678 e. The third kappa shape index (κ3) is 4.38. The summed E-state index contributed by atoms with van der Waals surface area (Å²) in [6, 6.07) is 8.45. The number of aliphatic hydroxyl groups is 1. The molecule has 1 rings (SSSR count). The van der Waals surface area contributed by atoms with Crippen LogP contribution in [-0.4, -0.2) is 11.7 Å². The first kappa shape index (κ1) is 15.2. The number of allylic oxidation sites excluding steroid dienone is 4. The van der Waals surface area contributed by atoms with E-state index >= 15 is 0 Å². The van der Waals surface area contributed by atoms with Gasteiger partial charge in [-0.25, -0.2) is 0 Å². The highest BCUT2D eigenvalue weighted by Crippen LogP contribution is 2.18. The van der Waals surface area contributed by atoms with E-state index in [1.807, 2.05) is 25.2 Å². The van der Waals surface area contributed by atoms with Gasteiger partial charge in [0.25, 0.3) is 0 Å². The lowest BCUT2D eigenvalue weighted by atomic mass is 10.0. The van der Waals surface area contributed by atoms with Crippen LogP contribution in [0, 0.1) is 0 Å². The molecular formula is C18H22O. The van der Waals surface area contributed by atoms with E-state index in [0.29, 0.717) is 0 Å². The Morgan fingerprint density at radius 2 is 2.05 bits per heavy atom. The first-order valence-electron chi connectivity index (χ1n) is 6.51. The summed E-state index contributed by atoms with van der Waals surface area (Å²) in [6.45, 7) is 11.7. The molecule has 0 amide bonds. The van der Waals surface area contributed by atoms with Crippen LogP contribution in [0.25, 0.3) is 5.57 Å². The topological polar surface area (TPSA) is 20.2 Å². The van der Waals surface area contributed by atoms with Crippen LogP contribution >= 0.6 is 0 Å². The zero-order chi connectivity index (χ0) is 14.3. The predicted molar refractivity (Wildman–Crippen MR) is 84.0 cm³/mol. The van der Waals surface area contributed by atoms with Crippen molar-refractivity contribution in [1.82, 2.24) is 0 Å². The van der Waals surface area contributed by atoms with Gasteiger partial charge in [0.15, 0.2) is 0 Å². The summed E-state index contributed by atoms with van der Waals surface area (Å²) in [5.74, 6) is 0. The van der Waals surface area contributed by atoms with Crippen molar-refractivity contribution in [2.75, 3.05) is 6.61 Å². The van der Waals surface area contributed by atoms with Crippen LogP contribution in [0.3, 0.4) is 0 Å². The molecular weight excluding hydrogens is 232 g/mol. The molecule has 0 unspecified atom stereocenters. The van der Waals surface area contributed by atoms with Crippen molar-refractivity contribution in [3.05, 3.63) is 77.9 Å². The minimum absolute atomic E-state index is 0.00901. The first-order chi connectivity index (χ1) is 9.12. The Kier molecular flexibility index (Phi) is 6.04. The standard InChI is InChI=1S/C18H22O/c1-5-16-8-7-9-18(12-16)17(6-2)11-10-14(3)15(4)13-19/h6-12,19H,2,4-5,13H2,1,3H3/b14-10+,17-11+. The van der Waals surface area contributed by atoms with Crippen LogP contribution in [-0.2, 0) is 6.42 Å². The normalized spacial score (nSPS) is 12.4. The molecule has 0 heterocycles. The molecule has 1 N–H and O–H groups in total. The number of hydrogen-bond acceptors (Lipinski definition) is 1. The molecule has 100 valence electrons. The van der Waals surface area contributed by atoms with E-state index in [-0.39, 0.29) is 6.61 Å². The van der Waals surface area contributed by atoms with E-state index in [9.17, 15) is 0 Å². The van der Waals surface area contributed by atoms with Gasteiger partial charge in [-0.05, 0) is 41.2 Å². The van der Waals surface area contributed by atoms with Gasteiger partial charge in [0.2, 0.25) is 0 Å². The highest BCUT2D eigenvalue weighted by molar-refractivity contribution is 5.75. The van der Waals surface area contributed by atoms with Crippen LogP contribution in [0.2, 0.25) is 0 Å². The number of hydrogen-bond donors (Lipinski definition) is 1. The smallest absolute Gasteiger partial charge is 0.0678 e. The summed E-state index contributed by atoms with van der Waals surface area (Å²) >= 11 is 0. The molecule has 0 aliphatic rings. The SMILES string of the molecule is C=C/C(=C\C=C(/C)C(=C)CO)c1cccc(CC)c1. The third-order valence-corrected chi connectivity index (χ3v) is 3.15. The Hall–Kier alpha value is -1.86. The van der Waals surface area contributed by atoms with Gasteiger partial charge in [-0.2, -0.15) is 0 Å². The quantitative estimate of drug-likeness (QED) is 0.750. The fourth-order valence-corrected chi connectivity index (χ4v) is 1.71. The number of aliphatic hydroxyl groups excluding tert-OH is 1. The van der Waals surface area contributed by atoms with Crippen molar-refractivity contribution in [2.24, 2.45) is 0 Å². The van der Waals surface area contributed by atoms with Gasteiger partial charge >= 0.3 is 0 Å². The van der Waals surface area contributed by atoms with Crippen LogP contribution in [0.1, 0.15) is 25.0 Å². The predicted octanol–water partition coefficient (Wildman–Crippen LogP) is 4.31. The summed E-state index contributed by atoms with van der Waals surface area (Å²) < 4.78 is 0. The molecule has 0 saturated heterocycles. The Balaban J connectivity index is 3.06. The lowest BCUT2D eigenvalue weighted by Gasteiger charge is -2.05. The minimum atomic E-state index is -0.00901. The molecule has 1 heteroatoms. The van der Waals surface area contributed by atoms with Gasteiger partial charge < -0.3 is 5.11 Å². The molecule has 0 bridgehead atoms. The van der Waals surface area contributed by atoms with Gasteiger partial charge in [0, 0.05) is 0 Å². The fraction of sp³-hybridized carbons (Fsp3) is 0.222. The summed E-state index contributed by atoms with van der Waals surface area (Å²) in [5, 5.41) is 9.03. The Morgan fingerprint density at radius 1 is 1.32 bits per heavy atom. The maximum atomic E-state index is 9.03. The zero-order valence-electron chi connectivity index (χ0n) is 11.8. The minimum Gasteiger partial charge on any atom is -0.392 e. The fourth-order valence-electron chi connectivity index (χ4n) is 1.71. The largest absolute Gasteiger partial charge is 0.392 e. The van der Waals surface area contributed by atoms with Gasteiger partial charge in [-0.1, -0.05) is 62.6 Å². The Morgan fingerprint density at radius 3 is 2.63 bits per heavy atom. The van der Waals surface area contributed by atoms with Gasteiger partial charge in [0.05, 0.1) is 6.61 Å². The molecule has 0 fully saturated rings. The molecule has 0 spiro atoms. The average Bonchev–Trinajstić information content (AvgIpc) is 2.47. The van der Waals surface area contributed by atoms with Crippen LogP contribution in [0.15, 0.2) is 66.8 Å². The second kappa shape index (κ2) is 7.55. The lowest BCUT2D eigenvalue weighted by molar-refractivity contribution is 0.334. The molecule has 1 aromatic rings. The second-order valence-corrected chi connectivity index (χ2v) is 4.49. The molecule has 1 aromatic carbocycles. The zero-order valence-corrected chi connectivity index (χ0v) is 11.8. The lowest BCUT2D eigenvalue weighted by Crippen LogP contribution is -1.89. The first-order valence-corrected chi connectivity index (χ1v) is 6.51. The average molecular weight is 254 g/mol. The summed E-state index contributed by atoms with van der Waals surface area (Å²) in [7, 11) is 0. The molecule has 0 radical (unpaired) electrons. The van der Waals surface area contributed by atoms with E-state index in [0.717, 1.165) is 28.7 Å². The maximum absolute atomic E-state index is 9.03. The van der Waals surface area contributed by atoms with E-state index in [2.05, 4.69) is 44.3 Å². The highest BCUT2D eigenvalue weighted by atomic mass is 16.3. The van der Waals surface area contributed by atoms with Crippen molar-refractivity contribution in [2.45, 2.75) is 20.3 Å². The monoisotopic (exact) mass is 254 g/mol. The molecule has 0 aromatic heterocycles. The molecule has 0 aliphatic heterocycles. The Bertz CT molecular complexity index is 518. The van der Waals surface area contributed by atoms with Crippen molar-refractivity contribution in [3.63, 3.8) is 0 Å². The Labute approximate surface area is 116 Å². The number of rotatable bonds is 6. The summed E-state index contributed by atoms with van der Waals surface area (Å²) in [4.78, 5) is 0. The van der Waals surface area contributed by atoms with Crippen molar-refractivity contribution in [3.8, 4) is 0 Å². The number of aryl methyl sites for hydroxylation is 1. The van der Waals surface area contributed by atoms with E-state index in [4.69, 9.17) is 5.11 Å². The molecule has 1 nitrogen and oxygen atoms in total. The second-order valence-electron chi connectivity index (χ2n) is 4.49. The number of benzene rings is 1. The van der Waals surface area contributed by atoms with Crippen molar-refractivity contribution in [1.29, 1.82) is 0 Å². The highest BCUT2D eigenvalue weighted by Gasteiger charge is 1.98. The van der Waals surface area contributed by atoms with Gasteiger partial charge in [-0.3, -0.25) is 0 Å². The van der Waals surface area contributed by atoms with E-state index in [1.54, 1.807) is 0 Å². The van der Waals surface area contributed by atoms with E-state index < -0.39 is 0 Å². The van der Waals surface area contributed by atoms with Gasteiger partial charge in [-0.15, -0.1) is 0 Å². The third-order valence-electron chi connectivity index (χ3n) is 3.15. The van der Waals surface area contributed by atoms with E-state index in [1.165, 1.54) is 5.56 Å². The molecule has 0 saturated carbocycles. The van der Waals surface area contributed by atoms with Crippen LogP contribution in [0.5, 0.6) is 0 Å². The molecule has 19 heavy (non-hydrogen) atoms. The molecule has 0 atom stereocenters. The molecule has 0 aliphatic carbocycles. The summed E-state index contributed by atoms with van der Waals surface area (Å²) in [5.41, 5.74) is 5.26. The van der Waals surface area contributed by atoms with Crippen molar-refractivity contribution >= 4 is 5.57 Å². The van der Waals surface area contributed by atoms with Crippen LogP contribution < -0.4 is 0 Å².